The molecule has 1 aromatic carbocycles. The third-order valence-corrected chi connectivity index (χ3v) is 4.72. The van der Waals surface area contributed by atoms with Gasteiger partial charge in [0.25, 0.3) is 11.8 Å². The van der Waals surface area contributed by atoms with Crippen molar-refractivity contribution in [3.8, 4) is 17.0 Å². The summed E-state index contributed by atoms with van der Waals surface area (Å²) < 4.78 is 10.0. The van der Waals surface area contributed by atoms with Crippen LogP contribution in [0.1, 0.15) is 10.5 Å². The molecule has 1 aromatic heterocycles. The van der Waals surface area contributed by atoms with Crippen LogP contribution >= 0.6 is 0 Å². The van der Waals surface area contributed by atoms with Crippen LogP contribution in [0.2, 0.25) is 0 Å². The van der Waals surface area contributed by atoms with Crippen LogP contribution in [-0.4, -0.2) is 71.3 Å². The van der Waals surface area contributed by atoms with Crippen molar-refractivity contribution in [2.24, 2.45) is 5.92 Å². The number of hydrogen-bond donors (Lipinski definition) is 1. The van der Waals surface area contributed by atoms with Gasteiger partial charge in [0.2, 0.25) is 0 Å². The van der Waals surface area contributed by atoms with Crippen LogP contribution in [0.4, 0.5) is 4.79 Å². The molecule has 2 aromatic rings. The number of H-pyrrole nitrogens is 1. The fourth-order valence-corrected chi connectivity index (χ4v) is 3.26. The highest BCUT2D eigenvalue weighted by Crippen LogP contribution is 2.29. The van der Waals surface area contributed by atoms with Crippen molar-refractivity contribution in [3.05, 3.63) is 36.0 Å². The van der Waals surface area contributed by atoms with Gasteiger partial charge in [-0.3, -0.25) is 14.7 Å². The molecule has 4 rings (SSSR count). The SMILES string of the molecule is COc1ccccc1-c1cc(C(=O)N2CC(CN3C(=O)COC3=O)C2)[nH]n1. The Bertz CT molecular complexity index is 887. The molecule has 0 aliphatic carbocycles. The number of para-hydroxylation sites is 1. The molecule has 140 valence electrons. The van der Waals surface area contributed by atoms with E-state index in [2.05, 4.69) is 14.9 Å². The number of aromatic amines is 1. The first-order valence-electron chi connectivity index (χ1n) is 8.52. The number of ether oxygens (including phenoxy) is 2. The molecule has 0 unspecified atom stereocenters. The van der Waals surface area contributed by atoms with Crippen LogP contribution in [0, 0.1) is 5.92 Å². The zero-order valence-electron chi connectivity index (χ0n) is 14.7. The second kappa shape index (κ2) is 6.75. The number of carbonyl (C=O) groups excluding carboxylic acids is 3. The molecule has 1 N–H and O–H groups in total. The summed E-state index contributed by atoms with van der Waals surface area (Å²) in [5.41, 5.74) is 1.80. The Morgan fingerprint density at radius 1 is 1.33 bits per heavy atom. The van der Waals surface area contributed by atoms with Crippen molar-refractivity contribution in [2.75, 3.05) is 33.4 Å². The number of likely N-dealkylation sites (tertiary alicyclic amines) is 1. The molecule has 9 heteroatoms. The minimum Gasteiger partial charge on any atom is -0.496 e. The van der Waals surface area contributed by atoms with E-state index in [0.29, 0.717) is 30.2 Å². The van der Waals surface area contributed by atoms with E-state index in [1.165, 1.54) is 0 Å². The maximum absolute atomic E-state index is 12.6. The standard InChI is InChI=1S/C18H18N4O5/c1-26-15-5-3-2-4-12(15)13-6-14(20-19-13)17(24)21-7-11(8-21)9-22-16(23)10-27-18(22)25/h2-6,11H,7-10H2,1H3,(H,19,20). The summed E-state index contributed by atoms with van der Waals surface area (Å²) in [7, 11) is 1.58. The van der Waals surface area contributed by atoms with Gasteiger partial charge in [-0.15, -0.1) is 0 Å². The summed E-state index contributed by atoms with van der Waals surface area (Å²) in [4.78, 5) is 38.4. The number of hydrogen-bond acceptors (Lipinski definition) is 6. The molecular formula is C18H18N4O5. The molecule has 0 spiro atoms. The van der Waals surface area contributed by atoms with Gasteiger partial charge >= 0.3 is 6.09 Å². The quantitative estimate of drug-likeness (QED) is 0.846. The van der Waals surface area contributed by atoms with Crippen LogP contribution in [0.15, 0.2) is 30.3 Å². The van der Waals surface area contributed by atoms with E-state index in [9.17, 15) is 14.4 Å². The second-order valence-corrected chi connectivity index (χ2v) is 6.50. The molecular weight excluding hydrogens is 352 g/mol. The van der Waals surface area contributed by atoms with Crippen molar-refractivity contribution in [1.82, 2.24) is 20.0 Å². The van der Waals surface area contributed by atoms with Crippen LogP contribution < -0.4 is 4.74 Å². The summed E-state index contributed by atoms with van der Waals surface area (Å²) >= 11 is 0. The topological polar surface area (TPSA) is 105 Å². The number of rotatable bonds is 5. The first-order valence-corrected chi connectivity index (χ1v) is 8.52. The third-order valence-electron chi connectivity index (χ3n) is 4.72. The number of amides is 3. The van der Waals surface area contributed by atoms with Gasteiger partial charge in [0, 0.05) is 31.1 Å². The van der Waals surface area contributed by atoms with Gasteiger partial charge in [-0.1, -0.05) is 12.1 Å². The van der Waals surface area contributed by atoms with Crippen molar-refractivity contribution < 1.29 is 23.9 Å². The summed E-state index contributed by atoms with van der Waals surface area (Å²) in [6, 6.07) is 9.13. The normalized spacial score (nSPS) is 17.1. The molecule has 2 aliphatic heterocycles. The molecule has 27 heavy (non-hydrogen) atoms. The molecule has 9 nitrogen and oxygen atoms in total. The monoisotopic (exact) mass is 370 g/mol. The molecule has 0 saturated carbocycles. The lowest BCUT2D eigenvalue weighted by Crippen LogP contribution is -2.54. The largest absolute Gasteiger partial charge is 0.496 e. The lowest BCUT2D eigenvalue weighted by atomic mass is 9.99. The van der Waals surface area contributed by atoms with Crippen molar-refractivity contribution in [1.29, 1.82) is 0 Å². The van der Waals surface area contributed by atoms with Gasteiger partial charge in [-0.05, 0) is 18.2 Å². The average molecular weight is 370 g/mol. The number of aromatic nitrogens is 2. The Hall–Kier alpha value is -3.36. The Kier molecular flexibility index (Phi) is 4.27. The van der Waals surface area contributed by atoms with Crippen LogP contribution in [0.5, 0.6) is 5.75 Å². The smallest absolute Gasteiger partial charge is 0.417 e. The molecule has 3 heterocycles. The first kappa shape index (κ1) is 17.1. The predicted octanol–water partition coefficient (Wildman–Crippen LogP) is 1.14. The van der Waals surface area contributed by atoms with Gasteiger partial charge in [-0.2, -0.15) is 5.10 Å². The van der Waals surface area contributed by atoms with E-state index >= 15 is 0 Å². The van der Waals surface area contributed by atoms with E-state index in [1.807, 2.05) is 24.3 Å². The Labute approximate surface area is 154 Å². The fraction of sp³-hybridized carbons (Fsp3) is 0.333. The highest BCUT2D eigenvalue weighted by molar-refractivity contribution is 5.98. The van der Waals surface area contributed by atoms with Gasteiger partial charge < -0.3 is 14.4 Å². The molecule has 0 bridgehead atoms. The summed E-state index contributed by atoms with van der Waals surface area (Å²) in [5.74, 6) is 0.226. The van der Waals surface area contributed by atoms with Gasteiger partial charge in [0.15, 0.2) is 6.61 Å². The molecule has 3 amide bonds. The van der Waals surface area contributed by atoms with Gasteiger partial charge in [0.05, 0.1) is 12.8 Å². The number of cyclic esters (lactones) is 1. The van der Waals surface area contributed by atoms with E-state index < -0.39 is 6.09 Å². The number of nitrogens with one attached hydrogen (secondary N) is 1. The minimum atomic E-state index is -0.611. The maximum atomic E-state index is 12.6. The molecule has 0 radical (unpaired) electrons. The zero-order valence-corrected chi connectivity index (χ0v) is 14.7. The van der Waals surface area contributed by atoms with Crippen molar-refractivity contribution in [2.45, 2.75) is 0 Å². The third kappa shape index (κ3) is 3.12. The summed E-state index contributed by atoms with van der Waals surface area (Å²) in [5, 5.41) is 6.98. The summed E-state index contributed by atoms with van der Waals surface area (Å²) in [6.07, 6.45) is -0.611. The number of methoxy groups -OCH3 is 1. The van der Waals surface area contributed by atoms with Gasteiger partial charge in [-0.25, -0.2) is 9.69 Å². The molecule has 0 atom stereocenters. The number of benzene rings is 1. The Balaban J connectivity index is 1.38. The number of carbonyl (C=O) groups is 3. The van der Waals surface area contributed by atoms with Crippen LogP contribution in [0.3, 0.4) is 0 Å². The van der Waals surface area contributed by atoms with E-state index in [4.69, 9.17) is 4.74 Å². The molecule has 2 saturated heterocycles. The summed E-state index contributed by atoms with van der Waals surface area (Å²) in [6.45, 7) is 1.02. The van der Waals surface area contributed by atoms with E-state index in [-0.39, 0.29) is 30.9 Å². The Morgan fingerprint density at radius 3 is 2.81 bits per heavy atom. The van der Waals surface area contributed by atoms with Crippen molar-refractivity contribution >= 4 is 17.9 Å². The molecule has 2 aliphatic rings. The highest BCUT2D eigenvalue weighted by Gasteiger charge is 2.38. The van der Waals surface area contributed by atoms with Crippen LogP contribution in [0.25, 0.3) is 11.3 Å². The minimum absolute atomic E-state index is 0.0557. The van der Waals surface area contributed by atoms with Gasteiger partial charge in [0.1, 0.15) is 11.4 Å². The molecule has 2 fully saturated rings. The first-order chi connectivity index (χ1) is 13.1. The fourth-order valence-electron chi connectivity index (χ4n) is 3.26. The lowest BCUT2D eigenvalue weighted by Gasteiger charge is -2.39. The number of imide groups is 1. The van der Waals surface area contributed by atoms with Crippen molar-refractivity contribution in [3.63, 3.8) is 0 Å². The second-order valence-electron chi connectivity index (χ2n) is 6.50. The van der Waals surface area contributed by atoms with E-state index in [1.54, 1.807) is 18.1 Å². The van der Waals surface area contributed by atoms with E-state index in [0.717, 1.165) is 10.5 Å². The Morgan fingerprint density at radius 2 is 2.11 bits per heavy atom. The average Bonchev–Trinajstić information content (AvgIpc) is 3.25. The van der Waals surface area contributed by atoms with Crippen LogP contribution in [-0.2, 0) is 9.53 Å². The lowest BCUT2D eigenvalue weighted by molar-refractivity contribution is -0.126. The highest BCUT2D eigenvalue weighted by atomic mass is 16.6. The number of nitrogens with zero attached hydrogens (tertiary/aromatic N) is 3. The predicted molar refractivity (Wildman–Crippen MR) is 93.0 cm³/mol. The maximum Gasteiger partial charge on any atom is 0.417 e. The zero-order chi connectivity index (χ0) is 19.0.